The summed E-state index contributed by atoms with van der Waals surface area (Å²) in [5.41, 5.74) is 2.66. The molecule has 2 saturated heterocycles. The molecule has 0 radical (unpaired) electrons. The first-order valence-corrected chi connectivity index (χ1v) is 9.68. The molecule has 2 aliphatic rings. The van der Waals surface area contributed by atoms with Crippen LogP contribution >= 0.6 is 0 Å². The highest BCUT2D eigenvalue weighted by molar-refractivity contribution is 5.73. The number of aliphatic hydroxyl groups excluding tert-OH is 1. The number of nitrogens with zero attached hydrogens (tertiary/aromatic N) is 2. The zero-order valence-electron chi connectivity index (χ0n) is 15.7. The first-order chi connectivity index (χ1) is 12.0. The van der Waals surface area contributed by atoms with Crippen LogP contribution in [0.3, 0.4) is 0 Å². The van der Waals surface area contributed by atoms with E-state index < -0.39 is 0 Å². The van der Waals surface area contributed by atoms with Gasteiger partial charge < -0.3 is 10.0 Å². The van der Waals surface area contributed by atoms with Crippen LogP contribution in [0.25, 0.3) is 0 Å². The Labute approximate surface area is 151 Å². The Kier molecular flexibility index (Phi) is 5.80. The molecule has 138 valence electrons. The van der Waals surface area contributed by atoms with Crippen LogP contribution in [-0.2, 0) is 11.2 Å². The van der Waals surface area contributed by atoms with E-state index in [1.165, 1.54) is 11.1 Å². The van der Waals surface area contributed by atoms with Gasteiger partial charge >= 0.3 is 0 Å². The molecule has 1 N–H and O–H groups in total. The van der Waals surface area contributed by atoms with Gasteiger partial charge in [-0.05, 0) is 56.7 Å². The number of likely N-dealkylation sites (tertiary alicyclic amines) is 2. The van der Waals surface area contributed by atoms with Crippen molar-refractivity contribution in [3.8, 4) is 0 Å². The van der Waals surface area contributed by atoms with Crippen molar-refractivity contribution in [2.24, 2.45) is 5.41 Å². The Bertz CT molecular complexity index is 595. The zero-order valence-corrected chi connectivity index (χ0v) is 15.7. The van der Waals surface area contributed by atoms with Gasteiger partial charge in [0.15, 0.2) is 0 Å². The Balaban J connectivity index is 1.66. The molecule has 3 rings (SSSR count). The van der Waals surface area contributed by atoms with Gasteiger partial charge in [0.25, 0.3) is 0 Å². The molecule has 0 aliphatic carbocycles. The molecule has 0 saturated carbocycles. The number of amides is 1. The lowest BCUT2D eigenvalue weighted by Gasteiger charge is -2.47. The summed E-state index contributed by atoms with van der Waals surface area (Å²) in [6, 6.07) is 9.11. The summed E-state index contributed by atoms with van der Waals surface area (Å²) in [5, 5.41) is 10.2. The van der Waals surface area contributed by atoms with Gasteiger partial charge in [0.05, 0.1) is 6.61 Å². The summed E-state index contributed by atoms with van der Waals surface area (Å²) < 4.78 is 0. The smallest absolute Gasteiger partial charge is 0.219 e. The van der Waals surface area contributed by atoms with Gasteiger partial charge in [-0.3, -0.25) is 9.69 Å². The second-order valence-electron chi connectivity index (χ2n) is 8.07. The molecule has 4 nitrogen and oxygen atoms in total. The quantitative estimate of drug-likeness (QED) is 0.913. The van der Waals surface area contributed by atoms with Crippen LogP contribution in [0, 0.1) is 12.3 Å². The summed E-state index contributed by atoms with van der Waals surface area (Å²) in [6.07, 6.45) is 5.33. The minimum atomic E-state index is -0.0257. The van der Waals surface area contributed by atoms with Crippen LogP contribution < -0.4 is 0 Å². The van der Waals surface area contributed by atoms with E-state index in [0.717, 1.165) is 58.3 Å². The Hall–Kier alpha value is -1.39. The van der Waals surface area contributed by atoms with Crippen LogP contribution in [0.1, 0.15) is 43.7 Å². The van der Waals surface area contributed by atoms with Gasteiger partial charge in [-0.25, -0.2) is 0 Å². The van der Waals surface area contributed by atoms with Crippen LogP contribution in [0.5, 0.6) is 0 Å². The van der Waals surface area contributed by atoms with Crippen molar-refractivity contribution in [1.82, 2.24) is 9.80 Å². The second kappa shape index (κ2) is 7.88. The number of aliphatic hydroxyl groups is 1. The monoisotopic (exact) mass is 344 g/mol. The lowest BCUT2D eigenvalue weighted by molar-refractivity contribution is -0.130. The fraction of sp³-hybridized carbons (Fsp3) is 0.667. The number of rotatable bonds is 4. The highest BCUT2D eigenvalue weighted by atomic mass is 16.3. The third-order valence-corrected chi connectivity index (χ3v) is 6.28. The van der Waals surface area contributed by atoms with Gasteiger partial charge in [-0.2, -0.15) is 0 Å². The van der Waals surface area contributed by atoms with Crippen LogP contribution in [0.15, 0.2) is 24.3 Å². The molecule has 1 aromatic carbocycles. The van der Waals surface area contributed by atoms with Crippen molar-refractivity contribution in [3.05, 3.63) is 35.4 Å². The van der Waals surface area contributed by atoms with E-state index in [4.69, 9.17) is 0 Å². The Morgan fingerprint density at radius 2 is 1.96 bits per heavy atom. The molecule has 0 spiro atoms. The SMILES string of the molecule is CC(=O)N1CCC(N2CCCC(CO)(Cc3ccccc3C)C2)CC1. The molecule has 0 bridgehead atoms. The fourth-order valence-corrected chi connectivity index (χ4v) is 4.65. The molecule has 1 atom stereocenters. The lowest BCUT2D eigenvalue weighted by Crippen LogP contribution is -2.53. The minimum Gasteiger partial charge on any atom is -0.396 e. The van der Waals surface area contributed by atoms with Crippen molar-refractivity contribution in [2.75, 3.05) is 32.8 Å². The average Bonchev–Trinajstić information content (AvgIpc) is 2.64. The fourth-order valence-electron chi connectivity index (χ4n) is 4.65. The van der Waals surface area contributed by atoms with E-state index in [1.54, 1.807) is 6.92 Å². The van der Waals surface area contributed by atoms with Crippen LogP contribution in [0.4, 0.5) is 0 Å². The van der Waals surface area contributed by atoms with E-state index in [0.29, 0.717) is 6.04 Å². The van der Waals surface area contributed by atoms with Gasteiger partial charge in [0, 0.05) is 38.0 Å². The number of hydrogen-bond donors (Lipinski definition) is 1. The van der Waals surface area contributed by atoms with E-state index in [9.17, 15) is 9.90 Å². The second-order valence-corrected chi connectivity index (χ2v) is 8.07. The number of carbonyl (C=O) groups excluding carboxylic acids is 1. The van der Waals surface area contributed by atoms with E-state index in [-0.39, 0.29) is 17.9 Å². The first kappa shape index (κ1) is 18.4. The molecular weight excluding hydrogens is 312 g/mol. The van der Waals surface area contributed by atoms with Crippen molar-refractivity contribution in [3.63, 3.8) is 0 Å². The normalized spacial score (nSPS) is 26.0. The summed E-state index contributed by atoms with van der Waals surface area (Å²) in [5.74, 6) is 0.196. The predicted molar refractivity (Wildman–Crippen MR) is 100 cm³/mol. The van der Waals surface area contributed by atoms with E-state index >= 15 is 0 Å². The van der Waals surface area contributed by atoms with Gasteiger partial charge in [-0.15, -0.1) is 0 Å². The maximum Gasteiger partial charge on any atom is 0.219 e. The minimum absolute atomic E-state index is 0.0257. The zero-order chi connectivity index (χ0) is 17.9. The molecule has 1 amide bonds. The summed E-state index contributed by atoms with van der Waals surface area (Å²) >= 11 is 0. The first-order valence-electron chi connectivity index (χ1n) is 9.68. The molecule has 1 unspecified atom stereocenters. The van der Waals surface area contributed by atoms with Crippen molar-refractivity contribution < 1.29 is 9.90 Å². The maximum atomic E-state index is 11.5. The average molecular weight is 344 g/mol. The maximum absolute atomic E-state index is 11.5. The standard InChI is InChI=1S/C21H32N2O2/c1-17-6-3-4-7-19(17)14-21(16-24)10-5-11-23(15-21)20-8-12-22(13-9-20)18(2)25/h3-4,6-7,20,24H,5,8-16H2,1-2H3. The molecule has 4 heteroatoms. The van der Waals surface area contributed by atoms with Crippen molar-refractivity contribution in [1.29, 1.82) is 0 Å². The number of benzene rings is 1. The third kappa shape index (κ3) is 4.24. The van der Waals surface area contributed by atoms with Gasteiger partial charge in [-0.1, -0.05) is 24.3 Å². The highest BCUT2D eigenvalue weighted by Crippen LogP contribution is 2.36. The molecule has 2 fully saturated rings. The Morgan fingerprint density at radius 1 is 1.24 bits per heavy atom. The van der Waals surface area contributed by atoms with E-state index in [2.05, 4.69) is 36.1 Å². The summed E-state index contributed by atoms with van der Waals surface area (Å²) in [6.45, 7) is 7.94. The topological polar surface area (TPSA) is 43.8 Å². The molecule has 0 aromatic heterocycles. The third-order valence-electron chi connectivity index (χ3n) is 6.28. The summed E-state index contributed by atoms with van der Waals surface area (Å²) in [4.78, 5) is 16.1. The van der Waals surface area contributed by atoms with Crippen LogP contribution in [-0.4, -0.2) is 59.6 Å². The van der Waals surface area contributed by atoms with Crippen molar-refractivity contribution in [2.45, 2.75) is 52.0 Å². The van der Waals surface area contributed by atoms with Gasteiger partial charge in [0.2, 0.25) is 5.91 Å². The largest absolute Gasteiger partial charge is 0.396 e. The molecule has 1 aromatic rings. The predicted octanol–water partition coefficient (Wildman–Crippen LogP) is 2.62. The molecule has 25 heavy (non-hydrogen) atoms. The Morgan fingerprint density at radius 3 is 2.60 bits per heavy atom. The van der Waals surface area contributed by atoms with Crippen LogP contribution in [0.2, 0.25) is 0 Å². The summed E-state index contributed by atoms with van der Waals surface area (Å²) in [7, 11) is 0. The molecule has 2 aliphatic heterocycles. The number of carbonyl (C=O) groups is 1. The number of hydrogen-bond acceptors (Lipinski definition) is 3. The molecule has 2 heterocycles. The lowest BCUT2D eigenvalue weighted by atomic mass is 9.74. The molecular formula is C21H32N2O2. The highest BCUT2D eigenvalue weighted by Gasteiger charge is 2.38. The van der Waals surface area contributed by atoms with E-state index in [1.807, 2.05) is 4.90 Å². The van der Waals surface area contributed by atoms with Crippen molar-refractivity contribution >= 4 is 5.91 Å². The number of aryl methyl sites for hydroxylation is 1. The number of piperidine rings is 2. The van der Waals surface area contributed by atoms with Gasteiger partial charge in [0.1, 0.15) is 0 Å².